The average molecular weight is 420 g/mol. The van der Waals surface area contributed by atoms with E-state index < -0.39 is 5.54 Å². The second kappa shape index (κ2) is 8.21. The number of amidine groups is 1. The van der Waals surface area contributed by atoms with Gasteiger partial charge >= 0.3 is 0 Å². The van der Waals surface area contributed by atoms with Crippen molar-refractivity contribution in [1.29, 1.82) is 0 Å². The quantitative estimate of drug-likeness (QED) is 0.785. The third-order valence-corrected chi connectivity index (χ3v) is 6.48. The van der Waals surface area contributed by atoms with Crippen LogP contribution in [-0.4, -0.2) is 52.9 Å². The normalized spacial score (nSPS) is 24.2. The van der Waals surface area contributed by atoms with Crippen molar-refractivity contribution in [2.45, 2.75) is 50.6 Å². The Labute approximate surface area is 182 Å². The predicted molar refractivity (Wildman–Crippen MR) is 122 cm³/mol. The Morgan fingerprint density at radius 2 is 2.06 bits per heavy atom. The van der Waals surface area contributed by atoms with Crippen molar-refractivity contribution in [1.82, 2.24) is 9.88 Å². The van der Waals surface area contributed by atoms with Crippen LogP contribution >= 0.6 is 0 Å². The largest absolute Gasteiger partial charge is 0.494 e. The molecule has 1 aromatic carbocycles. The van der Waals surface area contributed by atoms with Crippen LogP contribution in [0, 0.1) is 0 Å². The average Bonchev–Trinajstić information content (AvgIpc) is 3.45. The number of pyridine rings is 1. The predicted octanol–water partition coefficient (Wildman–Crippen LogP) is 3.94. The highest BCUT2D eigenvalue weighted by Crippen LogP contribution is 2.37. The third kappa shape index (κ3) is 3.84. The van der Waals surface area contributed by atoms with E-state index in [2.05, 4.69) is 15.6 Å². The lowest BCUT2D eigenvalue weighted by Crippen LogP contribution is -2.55. The van der Waals surface area contributed by atoms with Crippen molar-refractivity contribution < 1.29 is 9.53 Å². The summed E-state index contributed by atoms with van der Waals surface area (Å²) in [6, 6.07) is 11.7. The van der Waals surface area contributed by atoms with Crippen LogP contribution in [0.25, 0.3) is 0 Å². The van der Waals surface area contributed by atoms with Gasteiger partial charge in [0.1, 0.15) is 17.1 Å². The standard InChI is InChI=1S/C24H29N5O2/c1-2-31-19-11-9-17(10-12-19)22(30)29-15-13-24(16-29)23(26-18-6-3-4-7-18)27-21-20(28-24)8-5-14-25-21/h5,8-12,14,18,28H,2-4,6-7,13,15-16H2,1H3,(H,25,26,27). The number of benzene rings is 1. The number of nitrogens with one attached hydrogen (secondary N) is 2. The van der Waals surface area contributed by atoms with Gasteiger partial charge in [0.2, 0.25) is 0 Å². The number of carbonyl (C=O) groups excluding carboxylic acids is 1. The van der Waals surface area contributed by atoms with Crippen LogP contribution in [-0.2, 0) is 0 Å². The summed E-state index contributed by atoms with van der Waals surface area (Å²) in [6.45, 7) is 3.82. The van der Waals surface area contributed by atoms with E-state index in [-0.39, 0.29) is 5.91 Å². The zero-order valence-corrected chi connectivity index (χ0v) is 17.9. The minimum absolute atomic E-state index is 0.0407. The summed E-state index contributed by atoms with van der Waals surface area (Å²) in [7, 11) is 0. The highest BCUT2D eigenvalue weighted by Gasteiger charge is 2.47. The van der Waals surface area contributed by atoms with Gasteiger partial charge < -0.3 is 20.3 Å². The van der Waals surface area contributed by atoms with Crippen LogP contribution in [0.5, 0.6) is 5.75 Å². The summed E-state index contributed by atoms with van der Waals surface area (Å²) in [4.78, 5) is 24.7. The van der Waals surface area contributed by atoms with Gasteiger partial charge in [0.05, 0.1) is 24.9 Å². The van der Waals surface area contributed by atoms with Gasteiger partial charge in [-0.2, -0.15) is 0 Å². The van der Waals surface area contributed by atoms with Crippen LogP contribution in [0.1, 0.15) is 49.4 Å². The number of ether oxygens (including phenoxy) is 1. The maximum absolute atomic E-state index is 13.2. The molecule has 0 bridgehead atoms. The fourth-order valence-corrected chi connectivity index (χ4v) is 4.85. The molecule has 3 heterocycles. The first-order valence-electron chi connectivity index (χ1n) is 11.3. The topological polar surface area (TPSA) is 78.8 Å². The summed E-state index contributed by atoms with van der Waals surface area (Å²) in [6.07, 6.45) is 7.33. The maximum Gasteiger partial charge on any atom is 0.253 e. The first-order valence-corrected chi connectivity index (χ1v) is 11.3. The fraction of sp³-hybridized carbons (Fsp3) is 0.458. The molecular formula is C24H29N5O2. The van der Waals surface area contributed by atoms with Gasteiger partial charge in [-0.15, -0.1) is 0 Å². The molecule has 2 N–H and O–H groups in total. The highest BCUT2D eigenvalue weighted by atomic mass is 16.5. The first kappa shape index (κ1) is 19.8. The van der Waals surface area contributed by atoms with Crippen molar-refractivity contribution in [3.05, 3.63) is 48.2 Å². The maximum atomic E-state index is 13.2. The van der Waals surface area contributed by atoms with Gasteiger partial charge in [0.25, 0.3) is 5.91 Å². The van der Waals surface area contributed by atoms with Crippen LogP contribution in [0.2, 0.25) is 0 Å². The van der Waals surface area contributed by atoms with Crippen LogP contribution < -0.4 is 15.4 Å². The minimum atomic E-state index is -0.403. The SMILES string of the molecule is CCOc1ccc(C(=O)N2CCC3(C2)Nc2cccnc2NC3=NC2CCCC2)cc1. The van der Waals surface area contributed by atoms with Crippen LogP contribution in [0.3, 0.4) is 0 Å². The Morgan fingerprint density at radius 3 is 2.84 bits per heavy atom. The van der Waals surface area contributed by atoms with E-state index in [4.69, 9.17) is 9.73 Å². The Bertz CT molecular complexity index is 984. The molecule has 2 aromatic rings. The second-order valence-corrected chi connectivity index (χ2v) is 8.58. The number of anilines is 2. The van der Waals surface area contributed by atoms with Gasteiger partial charge in [-0.1, -0.05) is 12.8 Å². The molecule has 31 heavy (non-hydrogen) atoms. The molecule has 7 nitrogen and oxygen atoms in total. The Kier molecular flexibility index (Phi) is 5.26. The smallest absolute Gasteiger partial charge is 0.253 e. The Hall–Kier alpha value is -3.09. The molecule has 2 fully saturated rings. The van der Waals surface area contributed by atoms with Gasteiger partial charge in [-0.25, -0.2) is 4.98 Å². The molecule has 162 valence electrons. The molecule has 1 spiro atoms. The molecule has 1 saturated heterocycles. The summed E-state index contributed by atoms with van der Waals surface area (Å²) >= 11 is 0. The van der Waals surface area contributed by atoms with Crippen molar-refractivity contribution in [3.8, 4) is 5.75 Å². The van der Waals surface area contributed by atoms with Crippen molar-refractivity contribution in [3.63, 3.8) is 0 Å². The summed E-state index contributed by atoms with van der Waals surface area (Å²) in [5.74, 6) is 2.55. The molecule has 7 heteroatoms. The third-order valence-electron chi connectivity index (χ3n) is 6.48. The molecule has 5 rings (SSSR count). The molecule has 1 amide bonds. The van der Waals surface area contributed by atoms with Crippen LogP contribution in [0.15, 0.2) is 47.6 Å². The van der Waals surface area contributed by atoms with E-state index in [1.807, 2.05) is 48.2 Å². The van der Waals surface area contributed by atoms with Gasteiger partial charge in [-0.3, -0.25) is 9.79 Å². The molecule has 0 radical (unpaired) electrons. The Morgan fingerprint density at radius 1 is 1.26 bits per heavy atom. The highest BCUT2D eigenvalue weighted by molar-refractivity contribution is 6.09. The summed E-state index contributed by atoms with van der Waals surface area (Å²) in [5, 5.41) is 7.19. The van der Waals surface area contributed by atoms with E-state index in [0.29, 0.717) is 31.3 Å². The molecule has 1 atom stereocenters. The zero-order valence-electron chi connectivity index (χ0n) is 17.9. The first-order chi connectivity index (χ1) is 15.2. The van der Waals surface area contributed by atoms with E-state index in [1.165, 1.54) is 12.8 Å². The number of likely N-dealkylation sites (tertiary alicyclic amines) is 1. The van der Waals surface area contributed by atoms with Crippen LogP contribution in [0.4, 0.5) is 11.5 Å². The number of aromatic nitrogens is 1. The number of aliphatic imine (C=N–C) groups is 1. The van der Waals surface area contributed by atoms with Gasteiger partial charge in [-0.05, 0) is 62.6 Å². The number of hydrogen-bond acceptors (Lipinski definition) is 5. The molecule has 1 saturated carbocycles. The van der Waals surface area contributed by atoms with Gasteiger partial charge in [0.15, 0.2) is 5.82 Å². The van der Waals surface area contributed by atoms with E-state index >= 15 is 0 Å². The van der Waals surface area contributed by atoms with E-state index in [1.54, 1.807) is 6.20 Å². The monoisotopic (exact) mass is 419 g/mol. The lowest BCUT2D eigenvalue weighted by molar-refractivity contribution is 0.0789. The number of rotatable bonds is 4. The second-order valence-electron chi connectivity index (χ2n) is 8.58. The lowest BCUT2D eigenvalue weighted by Gasteiger charge is -2.38. The molecule has 1 aromatic heterocycles. The lowest BCUT2D eigenvalue weighted by atomic mass is 9.93. The number of fused-ring (bicyclic) bond motifs is 1. The number of nitrogens with zero attached hydrogens (tertiary/aromatic N) is 3. The van der Waals surface area contributed by atoms with Crippen molar-refractivity contribution >= 4 is 23.2 Å². The van der Waals surface area contributed by atoms with E-state index in [9.17, 15) is 4.79 Å². The number of carbonyl (C=O) groups is 1. The fourth-order valence-electron chi connectivity index (χ4n) is 4.85. The summed E-state index contributed by atoms with van der Waals surface area (Å²) < 4.78 is 5.50. The summed E-state index contributed by atoms with van der Waals surface area (Å²) in [5.41, 5.74) is 1.24. The molecule has 2 aliphatic heterocycles. The molecular weight excluding hydrogens is 390 g/mol. The van der Waals surface area contributed by atoms with Gasteiger partial charge in [0, 0.05) is 18.3 Å². The van der Waals surface area contributed by atoms with E-state index in [0.717, 1.165) is 42.4 Å². The molecule has 1 aliphatic carbocycles. The molecule has 1 unspecified atom stereocenters. The number of hydrogen-bond donors (Lipinski definition) is 2. The van der Waals surface area contributed by atoms with Crippen molar-refractivity contribution in [2.24, 2.45) is 4.99 Å². The Balaban J connectivity index is 1.40. The minimum Gasteiger partial charge on any atom is -0.494 e. The molecule has 3 aliphatic rings. The zero-order chi connectivity index (χ0) is 21.3. The number of amides is 1. The van der Waals surface area contributed by atoms with Crippen molar-refractivity contribution in [2.75, 3.05) is 30.3 Å².